The lowest BCUT2D eigenvalue weighted by Crippen LogP contribution is -2.36. The van der Waals surface area contributed by atoms with Gasteiger partial charge in [0.1, 0.15) is 5.75 Å². The fourth-order valence-electron chi connectivity index (χ4n) is 2.81. The van der Waals surface area contributed by atoms with Crippen molar-refractivity contribution in [1.82, 2.24) is 10.6 Å². The molecule has 0 bridgehead atoms. The van der Waals surface area contributed by atoms with E-state index in [1.54, 1.807) is 48.7 Å². The predicted octanol–water partition coefficient (Wildman–Crippen LogP) is 3.21. The van der Waals surface area contributed by atoms with Crippen LogP contribution in [-0.2, 0) is 13.1 Å². The molecule has 2 aromatic carbocycles. The summed E-state index contributed by atoms with van der Waals surface area (Å²) in [5, 5.41) is 6.56. The van der Waals surface area contributed by atoms with Crippen molar-refractivity contribution in [1.29, 1.82) is 0 Å². The van der Waals surface area contributed by atoms with Crippen molar-refractivity contribution in [3.05, 3.63) is 41.5 Å². The van der Waals surface area contributed by atoms with Crippen molar-refractivity contribution >= 4 is 29.9 Å². The summed E-state index contributed by atoms with van der Waals surface area (Å²) in [4.78, 5) is 4.27. The summed E-state index contributed by atoms with van der Waals surface area (Å²) in [7, 11) is 9.76. The van der Waals surface area contributed by atoms with E-state index in [1.807, 2.05) is 24.3 Å². The first kappa shape index (κ1) is 25.5. The molecule has 0 spiro atoms. The van der Waals surface area contributed by atoms with Crippen LogP contribution in [0.5, 0.6) is 28.7 Å². The van der Waals surface area contributed by atoms with Crippen molar-refractivity contribution < 1.29 is 23.7 Å². The summed E-state index contributed by atoms with van der Waals surface area (Å²) in [6.45, 7) is 1.07. The molecule has 2 aromatic rings. The van der Waals surface area contributed by atoms with Gasteiger partial charge in [-0.15, -0.1) is 24.0 Å². The minimum atomic E-state index is 0. The zero-order valence-corrected chi connectivity index (χ0v) is 20.5. The minimum absolute atomic E-state index is 0. The maximum atomic E-state index is 5.47. The predicted molar refractivity (Wildman–Crippen MR) is 128 cm³/mol. The lowest BCUT2D eigenvalue weighted by atomic mass is 10.1. The Morgan fingerprint density at radius 2 is 1.23 bits per heavy atom. The molecule has 2 rings (SSSR count). The molecule has 2 N–H and O–H groups in total. The van der Waals surface area contributed by atoms with E-state index in [0.717, 1.165) is 11.1 Å². The SMILES string of the molecule is CN=C(NCc1ccc(OC)c(OC)c1)NCc1cc(OC)c(OC)cc1OC.I. The van der Waals surface area contributed by atoms with Crippen LogP contribution in [0.1, 0.15) is 11.1 Å². The second-order valence-corrected chi connectivity index (χ2v) is 5.99. The fourth-order valence-corrected chi connectivity index (χ4v) is 2.81. The average molecular weight is 531 g/mol. The molecule has 0 atom stereocenters. The smallest absolute Gasteiger partial charge is 0.191 e. The van der Waals surface area contributed by atoms with Crippen LogP contribution >= 0.6 is 24.0 Å². The third-order valence-corrected chi connectivity index (χ3v) is 4.36. The molecule has 9 heteroatoms. The second-order valence-electron chi connectivity index (χ2n) is 5.99. The molecule has 0 fully saturated rings. The Bertz CT molecular complexity index is 846. The van der Waals surface area contributed by atoms with E-state index < -0.39 is 0 Å². The van der Waals surface area contributed by atoms with E-state index in [2.05, 4.69) is 15.6 Å². The number of hydrogen-bond acceptors (Lipinski definition) is 6. The van der Waals surface area contributed by atoms with Crippen LogP contribution in [0.25, 0.3) is 0 Å². The Labute approximate surface area is 194 Å². The van der Waals surface area contributed by atoms with Gasteiger partial charge in [0.25, 0.3) is 0 Å². The molecule has 0 saturated carbocycles. The molecule has 0 amide bonds. The first-order valence-electron chi connectivity index (χ1n) is 9.04. The highest BCUT2D eigenvalue weighted by atomic mass is 127. The molecule has 0 aliphatic heterocycles. The summed E-state index contributed by atoms with van der Waals surface area (Å²) < 4.78 is 26.8. The van der Waals surface area contributed by atoms with Gasteiger partial charge in [-0.3, -0.25) is 4.99 Å². The largest absolute Gasteiger partial charge is 0.496 e. The van der Waals surface area contributed by atoms with E-state index in [0.29, 0.717) is 47.8 Å². The van der Waals surface area contributed by atoms with Crippen LogP contribution in [-0.4, -0.2) is 48.6 Å². The third-order valence-electron chi connectivity index (χ3n) is 4.36. The van der Waals surface area contributed by atoms with Gasteiger partial charge in [-0.1, -0.05) is 6.07 Å². The van der Waals surface area contributed by atoms with Crippen molar-refractivity contribution in [2.75, 3.05) is 42.6 Å². The molecule has 8 nitrogen and oxygen atoms in total. The molecule has 0 saturated heterocycles. The van der Waals surface area contributed by atoms with E-state index in [-0.39, 0.29) is 24.0 Å². The van der Waals surface area contributed by atoms with Gasteiger partial charge in [-0.25, -0.2) is 0 Å². The summed E-state index contributed by atoms with van der Waals surface area (Å²) >= 11 is 0. The average Bonchev–Trinajstić information content (AvgIpc) is 2.78. The topological polar surface area (TPSA) is 82.6 Å². The Kier molecular flexibility index (Phi) is 10.9. The fraction of sp³-hybridized carbons (Fsp3) is 0.381. The van der Waals surface area contributed by atoms with Crippen LogP contribution in [0.4, 0.5) is 0 Å². The summed E-state index contributed by atoms with van der Waals surface area (Å²) in [6, 6.07) is 9.46. The van der Waals surface area contributed by atoms with Gasteiger partial charge < -0.3 is 34.3 Å². The van der Waals surface area contributed by atoms with Crippen LogP contribution < -0.4 is 34.3 Å². The maximum Gasteiger partial charge on any atom is 0.191 e. The van der Waals surface area contributed by atoms with Gasteiger partial charge in [0.05, 0.1) is 35.5 Å². The van der Waals surface area contributed by atoms with Crippen LogP contribution in [0, 0.1) is 0 Å². The van der Waals surface area contributed by atoms with Crippen LogP contribution in [0.2, 0.25) is 0 Å². The molecule has 0 heterocycles. The zero-order valence-electron chi connectivity index (χ0n) is 18.2. The van der Waals surface area contributed by atoms with E-state index in [4.69, 9.17) is 23.7 Å². The molecule has 0 radical (unpaired) electrons. The molecular weight excluding hydrogens is 501 g/mol. The summed E-state index contributed by atoms with van der Waals surface area (Å²) in [5.41, 5.74) is 1.95. The number of methoxy groups -OCH3 is 5. The molecule has 166 valence electrons. The number of hydrogen-bond donors (Lipinski definition) is 2. The van der Waals surface area contributed by atoms with E-state index in [1.165, 1.54) is 0 Å². The quantitative estimate of drug-likeness (QED) is 0.292. The maximum absolute atomic E-state index is 5.47. The molecule has 0 unspecified atom stereocenters. The lowest BCUT2D eigenvalue weighted by molar-refractivity contribution is 0.347. The molecule has 0 aromatic heterocycles. The molecule has 0 aliphatic rings. The zero-order chi connectivity index (χ0) is 21.2. The highest BCUT2D eigenvalue weighted by Gasteiger charge is 2.12. The second kappa shape index (κ2) is 12.9. The Balaban J connectivity index is 0.00000450. The van der Waals surface area contributed by atoms with Gasteiger partial charge in [-0.05, 0) is 23.8 Å². The normalized spacial score (nSPS) is 10.5. The van der Waals surface area contributed by atoms with Gasteiger partial charge >= 0.3 is 0 Å². The highest BCUT2D eigenvalue weighted by Crippen LogP contribution is 2.34. The van der Waals surface area contributed by atoms with Gasteiger partial charge in [0.2, 0.25) is 0 Å². The lowest BCUT2D eigenvalue weighted by Gasteiger charge is -2.16. The Morgan fingerprint density at radius 1 is 0.700 bits per heavy atom. The number of guanidine groups is 1. The number of nitrogens with zero attached hydrogens (tertiary/aromatic N) is 1. The molecular formula is C21H30IN3O5. The number of rotatable bonds is 9. The summed E-state index contributed by atoms with van der Waals surface area (Å²) in [6.07, 6.45) is 0. The van der Waals surface area contributed by atoms with Gasteiger partial charge in [0, 0.05) is 31.8 Å². The minimum Gasteiger partial charge on any atom is -0.496 e. The Morgan fingerprint density at radius 3 is 1.80 bits per heavy atom. The van der Waals surface area contributed by atoms with Crippen LogP contribution in [0.3, 0.4) is 0 Å². The number of halogens is 1. The van der Waals surface area contributed by atoms with Crippen LogP contribution in [0.15, 0.2) is 35.3 Å². The molecule has 0 aliphatic carbocycles. The summed E-state index contributed by atoms with van der Waals surface area (Å²) in [5.74, 6) is 3.98. The number of aliphatic imine (C=N–C) groups is 1. The third kappa shape index (κ3) is 6.48. The van der Waals surface area contributed by atoms with Crippen molar-refractivity contribution in [2.45, 2.75) is 13.1 Å². The van der Waals surface area contributed by atoms with E-state index >= 15 is 0 Å². The molecule has 30 heavy (non-hydrogen) atoms. The number of benzene rings is 2. The van der Waals surface area contributed by atoms with Crippen molar-refractivity contribution in [3.63, 3.8) is 0 Å². The monoisotopic (exact) mass is 531 g/mol. The van der Waals surface area contributed by atoms with Gasteiger partial charge in [-0.2, -0.15) is 0 Å². The van der Waals surface area contributed by atoms with Gasteiger partial charge in [0.15, 0.2) is 29.0 Å². The van der Waals surface area contributed by atoms with Crippen molar-refractivity contribution in [2.24, 2.45) is 4.99 Å². The highest BCUT2D eigenvalue weighted by molar-refractivity contribution is 14.0. The first-order valence-corrected chi connectivity index (χ1v) is 9.04. The first-order chi connectivity index (χ1) is 14.1. The van der Waals surface area contributed by atoms with Crippen molar-refractivity contribution in [3.8, 4) is 28.7 Å². The standard InChI is InChI=1S/C21H29N3O5.HI/c1-22-21(23-12-14-7-8-16(25-2)18(9-14)27-4)24-13-15-10-19(28-5)20(29-6)11-17(15)26-3;/h7-11H,12-13H2,1-6H3,(H2,22,23,24);1H. The number of nitrogens with one attached hydrogen (secondary N) is 2. The van der Waals surface area contributed by atoms with E-state index in [9.17, 15) is 0 Å². The Hall–Kier alpha value is -2.56. The number of ether oxygens (including phenoxy) is 5.